The van der Waals surface area contributed by atoms with Crippen molar-refractivity contribution in [2.24, 2.45) is 0 Å². The fraction of sp³-hybridized carbons (Fsp3) is 0.294. The van der Waals surface area contributed by atoms with Gasteiger partial charge in [-0.15, -0.1) is 23.1 Å². The summed E-state index contributed by atoms with van der Waals surface area (Å²) in [5, 5.41) is 7.08. The Morgan fingerprint density at radius 3 is 2.92 bits per heavy atom. The molecule has 1 aromatic carbocycles. The molecule has 1 aliphatic rings. The summed E-state index contributed by atoms with van der Waals surface area (Å²) in [5.41, 5.74) is 1.83. The first-order valence-corrected chi connectivity index (χ1v) is 9.57. The van der Waals surface area contributed by atoms with E-state index in [0.717, 1.165) is 39.6 Å². The molecule has 0 spiro atoms. The quantitative estimate of drug-likeness (QED) is 0.866. The summed E-state index contributed by atoms with van der Waals surface area (Å²) in [7, 11) is 1.65. The van der Waals surface area contributed by atoms with E-state index in [4.69, 9.17) is 4.74 Å². The van der Waals surface area contributed by atoms with Gasteiger partial charge in [0.15, 0.2) is 5.13 Å². The van der Waals surface area contributed by atoms with E-state index in [9.17, 15) is 4.79 Å². The van der Waals surface area contributed by atoms with Crippen LogP contribution in [0.25, 0.3) is 6.08 Å². The molecular formula is C17H19N3O2S2. The molecule has 0 bridgehead atoms. The number of nitrogens with one attached hydrogen (secondary N) is 1. The number of hydrogen-bond acceptors (Lipinski definition) is 6. The van der Waals surface area contributed by atoms with E-state index in [2.05, 4.69) is 10.3 Å². The van der Waals surface area contributed by atoms with Gasteiger partial charge in [-0.1, -0.05) is 6.92 Å². The maximum absolute atomic E-state index is 11.9. The number of amides is 1. The smallest absolute Gasteiger partial charge is 0.227 e. The highest BCUT2D eigenvalue weighted by molar-refractivity contribution is 8.03. The zero-order valence-corrected chi connectivity index (χ0v) is 15.2. The van der Waals surface area contributed by atoms with Crippen molar-refractivity contribution in [1.82, 2.24) is 9.88 Å². The predicted molar refractivity (Wildman–Crippen MR) is 101 cm³/mol. The van der Waals surface area contributed by atoms with Crippen LogP contribution in [-0.2, 0) is 4.79 Å². The highest BCUT2D eigenvalue weighted by Crippen LogP contribution is 2.31. The monoisotopic (exact) mass is 361 g/mol. The Balaban J connectivity index is 1.70. The lowest BCUT2D eigenvalue weighted by molar-refractivity contribution is -0.128. The average molecular weight is 361 g/mol. The Morgan fingerprint density at radius 2 is 2.21 bits per heavy atom. The lowest BCUT2D eigenvalue weighted by Crippen LogP contribution is -2.25. The minimum Gasteiger partial charge on any atom is -0.497 e. The summed E-state index contributed by atoms with van der Waals surface area (Å²) in [5.74, 6) is 1.93. The molecule has 0 saturated carbocycles. The van der Waals surface area contributed by atoms with E-state index in [1.165, 1.54) is 0 Å². The van der Waals surface area contributed by atoms with Gasteiger partial charge >= 0.3 is 0 Å². The van der Waals surface area contributed by atoms with Crippen molar-refractivity contribution in [2.75, 3.05) is 24.7 Å². The van der Waals surface area contributed by atoms with Crippen molar-refractivity contribution in [3.05, 3.63) is 40.4 Å². The number of rotatable bonds is 5. The fourth-order valence-corrected chi connectivity index (χ4v) is 4.05. The van der Waals surface area contributed by atoms with E-state index in [1.54, 1.807) is 30.2 Å². The van der Waals surface area contributed by atoms with Crippen LogP contribution in [0, 0.1) is 0 Å². The van der Waals surface area contributed by atoms with E-state index in [0.29, 0.717) is 6.42 Å². The standard InChI is InChI=1S/C17H19N3O2S2/c1-3-15(21)20-8-9-23-16(20)10-13-11-24-17(19-13)18-12-4-6-14(22-2)7-5-12/h4-7,10-11H,3,8-9H2,1-2H3,(H,18,19)/b16-10+. The number of hydrogen-bond donors (Lipinski definition) is 1. The summed E-state index contributed by atoms with van der Waals surface area (Å²) in [6.07, 6.45) is 2.51. The Kier molecular flexibility index (Phi) is 5.42. The number of aromatic nitrogens is 1. The minimum absolute atomic E-state index is 0.165. The molecule has 0 atom stereocenters. The van der Waals surface area contributed by atoms with E-state index in [1.807, 2.05) is 47.5 Å². The van der Waals surface area contributed by atoms with Crippen molar-refractivity contribution in [3.8, 4) is 5.75 Å². The van der Waals surface area contributed by atoms with E-state index < -0.39 is 0 Å². The molecule has 1 aromatic heterocycles. The molecule has 1 amide bonds. The minimum atomic E-state index is 0.165. The van der Waals surface area contributed by atoms with Gasteiger partial charge in [0.1, 0.15) is 5.75 Å². The van der Waals surface area contributed by atoms with Crippen LogP contribution in [0.1, 0.15) is 19.0 Å². The molecule has 1 aliphatic heterocycles. The summed E-state index contributed by atoms with van der Waals surface area (Å²) >= 11 is 3.25. The molecule has 0 radical (unpaired) electrons. The third-order valence-electron chi connectivity index (χ3n) is 3.57. The second-order valence-corrected chi connectivity index (χ2v) is 7.13. The number of carbonyl (C=O) groups is 1. The lowest BCUT2D eigenvalue weighted by atomic mass is 10.3. The average Bonchev–Trinajstić information content (AvgIpc) is 3.25. The molecule has 1 fully saturated rings. The topological polar surface area (TPSA) is 54.5 Å². The van der Waals surface area contributed by atoms with Gasteiger partial charge in [0.25, 0.3) is 0 Å². The summed E-state index contributed by atoms with van der Waals surface area (Å²) < 4.78 is 5.15. The first-order chi connectivity index (χ1) is 11.7. The number of thioether (sulfide) groups is 1. The van der Waals surface area contributed by atoms with Crippen LogP contribution in [0.5, 0.6) is 5.75 Å². The Hall–Kier alpha value is -1.99. The largest absolute Gasteiger partial charge is 0.497 e. The van der Waals surface area contributed by atoms with Gasteiger partial charge in [0.2, 0.25) is 5.91 Å². The van der Waals surface area contributed by atoms with Crippen molar-refractivity contribution in [1.29, 1.82) is 0 Å². The second-order valence-electron chi connectivity index (χ2n) is 5.16. The predicted octanol–water partition coefficient (Wildman–Crippen LogP) is 4.18. The number of anilines is 2. The number of thiazole rings is 1. The molecular weight excluding hydrogens is 342 g/mol. The first-order valence-electron chi connectivity index (χ1n) is 7.71. The van der Waals surface area contributed by atoms with Crippen LogP contribution in [0.15, 0.2) is 34.7 Å². The van der Waals surface area contributed by atoms with Crippen molar-refractivity contribution < 1.29 is 9.53 Å². The van der Waals surface area contributed by atoms with Crippen LogP contribution >= 0.6 is 23.1 Å². The molecule has 126 valence electrons. The number of benzene rings is 1. The lowest BCUT2D eigenvalue weighted by Gasteiger charge is -2.15. The zero-order valence-electron chi connectivity index (χ0n) is 13.6. The van der Waals surface area contributed by atoms with Gasteiger partial charge in [-0.25, -0.2) is 4.98 Å². The molecule has 0 unspecified atom stereocenters. The molecule has 3 rings (SSSR count). The van der Waals surface area contributed by atoms with Crippen molar-refractivity contribution in [3.63, 3.8) is 0 Å². The Labute approximate surface area is 149 Å². The number of nitrogens with zero attached hydrogens (tertiary/aromatic N) is 2. The molecule has 1 saturated heterocycles. The SMILES string of the molecule is CCC(=O)N1CCS/C1=C/c1csc(Nc2ccc(OC)cc2)n1. The second kappa shape index (κ2) is 7.72. The summed E-state index contributed by atoms with van der Waals surface area (Å²) in [4.78, 5) is 18.4. The van der Waals surface area contributed by atoms with E-state index >= 15 is 0 Å². The van der Waals surface area contributed by atoms with Gasteiger partial charge in [-0.3, -0.25) is 4.79 Å². The fourth-order valence-electron chi connectivity index (χ4n) is 2.32. The van der Waals surface area contributed by atoms with Crippen LogP contribution < -0.4 is 10.1 Å². The van der Waals surface area contributed by atoms with E-state index in [-0.39, 0.29) is 5.91 Å². The van der Waals surface area contributed by atoms with Crippen LogP contribution in [-0.4, -0.2) is 35.2 Å². The molecule has 2 heterocycles. The normalized spacial score (nSPS) is 15.8. The highest BCUT2D eigenvalue weighted by atomic mass is 32.2. The maximum Gasteiger partial charge on any atom is 0.227 e. The van der Waals surface area contributed by atoms with Gasteiger partial charge in [0.05, 0.1) is 17.8 Å². The number of carbonyl (C=O) groups excluding carboxylic acids is 1. The summed E-state index contributed by atoms with van der Waals surface area (Å²) in [6, 6.07) is 7.71. The molecule has 2 aromatic rings. The Bertz CT molecular complexity index is 741. The molecule has 5 nitrogen and oxygen atoms in total. The highest BCUT2D eigenvalue weighted by Gasteiger charge is 2.22. The van der Waals surface area contributed by atoms with Crippen molar-refractivity contribution >= 4 is 45.9 Å². The third kappa shape index (κ3) is 3.91. The van der Waals surface area contributed by atoms with Gasteiger partial charge < -0.3 is 15.0 Å². The first kappa shape index (κ1) is 16.9. The number of ether oxygens (including phenoxy) is 1. The van der Waals surface area contributed by atoms with Crippen LogP contribution in [0.4, 0.5) is 10.8 Å². The maximum atomic E-state index is 11.9. The Morgan fingerprint density at radius 1 is 1.42 bits per heavy atom. The zero-order chi connectivity index (χ0) is 16.9. The molecule has 0 aliphatic carbocycles. The summed E-state index contributed by atoms with van der Waals surface area (Å²) in [6.45, 7) is 2.67. The van der Waals surface area contributed by atoms with Gasteiger partial charge in [0, 0.05) is 29.8 Å². The van der Waals surface area contributed by atoms with Crippen LogP contribution in [0.2, 0.25) is 0 Å². The molecule has 24 heavy (non-hydrogen) atoms. The van der Waals surface area contributed by atoms with Crippen molar-refractivity contribution in [2.45, 2.75) is 13.3 Å². The van der Waals surface area contributed by atoms with Gasteiger partial charge in [-0.05, 0) is 30.3 Å². The number of methoxy groups -OCH3 is 1. The third-order valence-corrected chi connectivity index (χ3v) is 5.37. The molecule has 7 heteroatoms. The molecule has 1 N–H and O–H groups in total. The van der Waals surface area contributed by atoms with Crippen LogP contribution in [0.3, 0.4) is 0 Å². The van der Waals surface area contributed by atoms with Gasteiger partial charge in [-0.2, -0.15) is 0 Å².